The number of hydrogen-bond donors (Lipinski definition) is 2. The van der Waals surface area contributed by atoms with Gasteiger partial charge in [-0.25, -0.2) is 0 Å². The molecule has 0 aliphatic heterocycles. The van der Waals surface area contributed by atoms with Crippen molar-refractivity contribution >= 4 is 0 Å². The molecule has 0 aromatic rings. The molecule has 2 heteroatoms. The number of rotatable bonds is 7. The average Bonchev–Trinajstić information content (AvgIpc) is 2.17. The highest BCUT2D eigenvalue weighted by molar-refractivity contribution is 4.97. The monoisotopic (exact) mass is 183 g/mol. The largest absolute Gasteiger partial charge is 0.380 e. The van der Waals surface area contributed by atoms with E-state index in [1.54, 1.807) is 0 Å². The molecule has 0 saturated carbocycles. The zero-order valence-electron chi connectivity index (χ0n) is 8.71. The SMILES string of the molecule is C#C[C@H](O)C(CC)CNCCCC. The number of aliphatic hydroxyl groups excluding tert-OH is 1. The van der Waals surface area contributed by atoms with Crippen LogP contribution in [0.1, 0.15) is 33.1 Å². The zero-order valence-corrected chi connectivity index (χ0v) is 8.71. The number of nitrogens with one attached hydrogen (secondary N) is 1. The lowest BCUT2D eigenvalue weighted by molar-refractivity contribution is 0.156. The third kappa shape index (κ3) is 5.68. The van der Waals surface area contributed by atoms with Crippen LogP contribution >= 0.6 is 0 Å². The first-order valence-corrected chi connectivity index (χ1v) is 5.11. The van der Waals surface area contributed by atoms with E-state index < -0.39 is 6.10 Å². The summed E-state index contributed by atoms with van der Waals surface area (Å²) in [6.07, 6.45) is 7.85. The van der Waals surface area contributed by atoms with Crippen molar-refractivity contribution < 1.29 is 5.11 Å². The second-order valence-electron chi connectivity index (χ2n) is 3.34. The topological polar surface area (TPSA) is 32.3 Å². The molecule has 0 bridgehead atoms. The highest BCUT2D eigenvalue weighted by Crippen LogP contribution is 2.06. The molecule has 0 spiro atoms. The number of hydrogen-bond acceptors (Lipinski definition) is 2. The van der Waals surface area contributed by atoms with Gasteiger partial charge in [-0.15, -0.1) is 6.42 Å². The van der Waals surface area contributed by atoms with Crippen molar-refractivity contribution in [3.05, 3.63) is 0 Å². The minimum Gasteiger partial charge on any atom is -0.380 e. The molecule has 0 amide bonds. The predicted octanol–water partition coefficient (Wildman–Crippen LogP) is 1.40. The van der Waals surface area contributed by atoms with E-state index in [0.29, 0.717) is 0 Å². The molecule has 0 aliphatic rings. The molecule has 2 atom stereocenters. The van der Waals surface area contributed by atoms with Crippen molar-refractivity contribution in [1.82, 2.24) is 5.32 Å². The molecule has 2 nitrogen and oxygen atoms in total. The van der Waals surface area contributed by atoms with E-state index in [0.717, 1.165) is 19.5 Å². The van der Waals surface area contributed by atoms with E-state index in [9.17, 15) is 5.11 Å². The van der Waals surface area contributed by atoms with Gasteiger partial charge in [-0.1, -0.05) is 26.2 Å². The Balaban J connectivity index is 3.55. The highest BCUT2D eigenvalue weighted by Gasteiger charge is 2.13. The first-order chi connectivity index (χ1) is 6.26. The summed E-state index contributed by atoms with van der Waals surface area (Å²) in [6, 6.07) is 0. The molecule has 1 unspecified atom stereocenters. The normalized spacial score (nSPS) is 14.9. The van der Waals surface area contributed by atoms with Crippen LogP contribution in [0.2, 0.25) is 0 Å². The van der Waals surface area contributed by atoms with E-state index in [4.69, 9.17) is 6.42 Å². The zero-order chi connectivity index (χ0) is 10.1. The van der Waals surface area contributed by atoms with Gasteiger partial charge in [-0.05, 0) is 19.4 Å². The maximum atomic E-state index is 9.40. The van der Waals surface area contributed by atoms with Crippen LogP contribution in [0.5, 0.6) is 0 Å². The summed E-state index contributed by atoms with van der Waals surface area (Å²) in [7, 11) is 0. The van der Waals surface area contributed by atoms with Crippen LogP contribution in [0.4, 0.5) is 0 Å². The Bertz CT molecular complexity index is 151. The molecular formula is C11H21NO. The second kappa shape index (κ2) is 8.10. The van der Waals surface area contributed by atoms with E-state index in [-0.39, 0.29) is 5.92 Å². The van der Waals surface area contributed by atoms with Crippen molar-refractivity contribution in [3.8, 4) is 12.3 Å². The van der Waals surface area contributed by atoms with Crippen LogP contribution < -0.4 is 5.32 Å². The van der Waals surface area contributed by atoms with Crippen molar-refractivity contribution in [2.24, 2.45) is 5.92 Å². The molecule has 0 saturated heterocycles. The summed E-state index contributed by atoms with van der Waals surface area (Å²) in [5.41, 5.74) is 0. The van der Waals surface area contributed by atoms with Gasteiger partial charge in [0.1, 0.15) is 6.10 Å². The van der Waals surface area contributed by atoms with Gasteiger partial charge >= 0.3 is 0 Å². The lowest BCUT2D eigenvalue weighted by Gasteiger charge is -2.17. The van der Waals surface area contributed by atoms with Crippen LogP contribution in [0, 0.1) is 18.3 Å². The van der Waals surface area contributed by atoms with Crippen LogP contribution in [-0.4, -0.2) is 24.3 Å². The fraction of sp³-hybridized carbons (Fsp3) is 0.818. The third-order valence-electron chi connectivity index (χ3n) is 2.26. The molecular weight excluding hydrogens is 162 g/mol. The minimum absolute atomic E-state index is 0.196. The molecule has 0 aliphatic carbocycles. The minimum atomic E-state index is -0.598. The summed E-state index contributed by atoms with van der Waals surface area (Å²) in [4.78, 5) is 0. The fourth-order valence-electron chi connectivity index (χ4n) is 1.20. The smallest absolute Gasteiger partial charge is 0.118 e. The lowest BCUT2D eigenvalue weighted by Crippen LogP contribution is -2.30. The summed E-state index contributed by atoms with van der Waals surface area (Å²) in [6.45, 7) is 6.05. The van der Waals surface area contributed by atoms with Gasteiger partial charge in [-0.3, -0.25) is 0 Å². The van der Waals surface area contributed by atoms with E-state index >= 15 is 0 Å². The lowest BCUT2D eigenvalue weighted by atomic mass is 10.00. The Labute approximate surface area is 81.7 Å². The van der Waals surface area contributed by atoms with Crippen molar-refractivity contribution in [3.63, 3.8) is 0 Å². The van der Waals surface area contributed by atoms with Gasteiger partial charge in [0.2, 0.25) is 0 Å². The van der Waals surface area contributed by atoms with Gasteiger partial charge in [0, 0.05) is 12.5 Å². The summed E-state index contributed by atoms with van der Waals surface area (Å²) < 4.78 is 0. The van der Waals surface area contributed by atoms with Gasteiger partial charge in [0.05, 0.1) is 0 Å². The molecule has 76 valence electrons. The Kier molecular flexibility index (Phi) is 7.77. The molecule has 0 fully saturated rings. The van der Waals surface area contributed by atoms with Crippen molar-refractivity contribution in [2.75, 3.05) is 13.1 Å². The van der Waals surface area contributed by atoms with E-state index in [2.05, 4.69) is 18.2 Å². The van der Waals surface area contributed by atoms with Gasteiger partial charge < -0.3 is 10.4 Å². The molecule has 0 aromatic carbocycles. The molecule has 13 heavy (non-hydrogen) atoms. The second-order valence-corrected chi connectivity index (χ2v) is 3.34. The van der Waals surface area contributed by atoms with Gasteiger partial charge in [0.25, 0.3) is 0 Å². The van der Waals surface area contributed by atoms with Crippen LogP contribution in [0.25, 0.3) is 0 Å². The van der Waals surface area contributed by atoms with Crippen molar-refractivity contribution in [1.29, 1.82) is 0 Å². The van der Waals surface area contributed by atoms with Crippen molar-refractivity contribution in [2.45, 2.75) is 39.2 Å². The molecule has 0 rings (SSSR count). The number of terminal acetylenes is 1. The number of unbranched alkanes of at least 4 members (excludes halogenated alkanes) is 1. The third-order valence-corrected chi connectivity index (χ3v) is 2.26. The number of aliphatic hydroxyl groups is 1. The Morgan fingerprint density at radius 2 is 2.15 bits per heavy atom. The fourth-order valence-corrected chi connectivity index (χ4v) is 1.20. The molecule has 0 heterocycles. The van der Waals surface area contributed by atoms with E-state index in [1.165, 1.54) is 12.8 Å². The summed E-state index contributed by atoms with van der Waals surface area (Å²) >= 11 is 0. The summed E-state index contributed by atoms with van der Waals surface area (Å²) in [5, 5.41) is 12.7. The maximum absolute atomic E-state index is 9.40. The Hall–Kier alpha value is -0.520. The quantitative estimate of drug-likeness (QED) is 0.462. The molecule has 0 radical (unpaired) electrons. The standard InChI is InChI=1S/C11H21NO/c1-4-7-8-12-9-10(5-2)11(13)6-3/h3,10-13H,4-5,7-9H2,1-2H3/t10?,11-/m0/s1. The Morgan fingerprint density at radius 3 is 2.62 bits per heavy atom. The van der Waals surface area contributed by atoms with Crippen LogP contribution in [0.3, 0.4) is 0 Å². The average molecular weight is 183 g/mol. The van der Waals surface area contributed by atoms with Gasteiger partial charge in [0.15, 0.2) is 0 Å². The van der Waals surface area contributed by atoms with E-state index in [1.807, 2.05) is 6.92 Å². The highest BCUT2D eigenvalue weighted by atomic mass is 16.3. The van der Waals surface area contributed by atoms with Gasteiger partial charge in [-0.2, -0.15) is 0 Å². The first-order valence-electron chi connectivity index (χ1n) is 5.11. The maximum Gasteiger partial charge on any atom is 0.118 e. The Morgan fingerprint density at radius 1 is 1.46 bits per heavy atom. The molecule has 0 aromatic heterocycles. The predicted molar refractivity (Wildman–Crippen MR) is 56.4 cm³/mol. The summed E-state index contributed by atoms with van der Waals surface area (Å²) in [5.74, 6) is 2.57. The molecule has 2 N–H and O–H groups in total. The first kappa shape index (κ1) is 12.5. The van der Waals surface area contributed by atoms with Crippen LogP contribution in [0.15, 0.2) is 0 Å². The van der Waals surface area contributed by atoms with Crippen LogP contribution in [-0.2, 0) is 0 Å².